The molecule has 0 N–H and O–H groups in total. The van der Waals surface area contributed by atoms with Gasteiger partial charge in [0.25, 0.3) is 0 Å². The first-order chi connectivity index (χ1) is 24.8. The van der Waals surface area contributed by atoms with Gasteiger partial charge in [-0.1, -0.05) is 158 Å². The van der Waals surface area contributed by atoms with Gasteiger partial charge in [0.1, 0.15) is 0 Å². The highest BCUT2D eigenvalue weighted by atomic mass is 14.3. The summed E-state index contributed by atoms with van der Waals surface area (Å²) in [7, 11) is 0. The van der Waals surface area contributed by atoms with Crippen LogP contribution in [0.3, 0.4) is 0 Å². The Morgan fingerprint density at radius 3 is 0.940 bits per heavy atom. The van der Waals surface area contributed by atoms with Gasteiger partial charge in [0.2, 0.25) is 0 Å². The normalized spacial score (nSPS) is 12.4. The summed E-state index contributed by atoms with van der Waals surface area (Å²) in [6, 6.07) is 63.7. The maximum Gasteiger partial charge on any atom is -0.00201 e. The number of fused-ring (bicyclic) bond motifs is 11. The van der Waals surface area contributed by atoms with E-state index in [2.05, 4.69) is 170 Å². The monoisotopic (exact) mass is 628 g/mol. The van der Waals surface area contributed by atoms with Crippen molar-refractivity contribution < 1.29 is 0 Å². The Kier molecular flexibility index (Phi) is 5.06. The molecule has 0 saturated carbocycles. The second kappa shape index (κ2) is 9.56. The molecule has 0 nitrogen and oxygen atoms in total. The van der Waals surface area contributed by atoms with Gasteiger partial charge in [0, 0.05) is 0 Å². The molecule has 228 valence electrons. The Labute approximate surface area is 289 Å². The molecule has 12 rings (SSSR count). The zero-order valence-electron chi connectivity index (χ0n) is 27.2. The fourth-order valence-electron chi connectivity index (χ4n) is 9.51. The van der Waals surface area contributed by atoms with Crippen LogP contribution in [-0.4, -0.2) is 0 Å². The van der Waals surface area contributed by atoms with Crippen LogP contribution in [0, 0.1) is 0 Å². The van der Waals surface area contributed by atoms with Crippen molar-refractivity contribution in [1.29, 1.82) is 0 Å². The Morgan fingerprint density at radius 1 is 0.180 bits per heavy atom. The minimum Gasteiger partial charge on any atom is -0.0616 e. The Balaban J connectivity index is 1.18. The summed E-state index contributed by atoms with van der Waals surface area (Å²) in [5.74, 6) is 0. The second-order valence-corrected chi connectivity index (χ2v) is 13.9. The van der Waals surface area contributed by atoms with Crippen LogP contribution in [0.5, 0.6) is 0 Å². The van der Waals surface area contributed by atoms with Crippen molar-refractivity contribution in [2.75, 3.05) is 0 Å². The van der Waals surface area contributed by atoms with Crippen molar-refractivity contribution in [2.45, 2.75) is 0 Å². The molecule has 0 unspecified atom stereocenters. The van der Waals surface area contributed by atoms with Crippen molar-refractivity contribution >= 4 is 53.9 Å². The van der Waals surface area contributed by atoms with Gasteiger partial charge in [-0.2, -0.15) is 0 Å². The van der Waals surface area contributed by atoms with Gasteiger partial charge in [-0.15, -0.1) is 0 Å². The highest BCUT2D eigenvalue weighted by Gasteiger charge is 2.25. The van der Waals surface area contributed by atoms with Crippen molar-refractivity contribution in [1.82, 2.24) is 0 Å². The zero-order valence-corrected chi connectivity index (χ0v) is 27.2. The van der Waals surface area contributed by atoms with Crippen molar-refractivity contribution in [3.8, 4) is 66.8 Å². The molecule has 0 saturated heterocycles. The van der Waals surface area contributed by atoms with Gasteiger partial charge in [0.15, 0.2) is 0 Å². The van der Waals surface area contributed by atoms with Crippen molar-refractivity contribution in [2.24, 2.45) is 0 Å². The van der Waals surface area contributed by atoms with Gasteiger partial charge < -0.3 is 0 Å². The molecule has 0 atom stereocenters. The first kappa shape index (κ1) is 26.5. The average Bonchev–Trinajstić information content (AvgIpc) is 3.69. The van der Waals surface area contributed by atoms with Crippen LogP contribution in [0.25, 0.3) is 121 Å². The van der Waals surface area contributed by atoms with E-state index in [0.717, 1.165) is 0 Å². The first-order valence-corrected chi connectivity index (χ1v) is 17.5. The van der Waals surface area contributed by atoms with Crippen molar-refractivity contribution in [3.05, 3.63) is 170 Å². The van der Waals surface area contributed by atoms with E-state index in [1.54, 1.807) is 0 Å². The number of hydrogen-bond donors (Lipinski definition) is 0. The highest BCUT2D eigenvalue weighted by Crippen LogP contribution is 2.52. The quantitative estimate of drug-likeness (QED) is 0.167. The van der Waals surface area contributed by atoms with Gasteiger partial charge in [-0.05, 0) is 133 Å². The van der Waals surface area contributed by atoms with E-state index >= 15 is 0 Å². The van der Waals surface area contributed by atoms with E-state index in [1.165, 1.54) is 121 Å². The van der Waals surface area contributed by atoms with Crippen LogP contribution in [0.2, 0.25) is 0 Å². The largest absolute Gasteiger partial charge is 0.0616 e. The third-order valence-electron chi connectivity index (χ3n) is 11.5. The topological polar surface area (TPSA) is 0 Å². The van der Waals surface area contributed by atoms with Crippen molar-refractivity contribution in [3.63, 3.8) is 0 Å². The molecule has 0 heterocycles. The van der Waals surface area contributed by atoms with Crippen LogP contribution in [0.15, 0.2) is 170 Å². The SMILES string of the molecule is c1ccc2c(c1)-c1cccc3c(-c4cc5cc(-c6ccc7c8c(cccc68)-c6ccccc6-7)c6ccccc6c5c5ccccc45)ccc-2c13. The molecule has 50 heavy (non-hydrogen) atoms. The maximum atomic E-state index is 2.47. The molecule has 0 fully saturated rings. The number of hydrogen-bond acceptors (Lipinski definition) is 0. The second-order valence-electron chi connectivity index (χ2n) is 13.9. The molecule has 0 aliphatic heterocycles. The fraction of sp³-hybridized carbons (Fsp3) is 0. The Bertz CT molecular complexity index is 2870. The summed E-state index contributed by atoms with van der Waals surface area (Å²) in [4.78, 5) is 0. The van der Waals surface area contributed by atoms with Crippen LogP contribution >= 0.6 is 0 Å². The van der Waals surface area contributed by atoms with Gasteiger partial charge in [-0.3, -0.25) is 0 Å². The van der Waals surface area contributed by atoms with E-state index in [4.69, 9.17) is 0 Å². The van der Waals surface area contributed by atoms with Gasteiger partial charge >= 0.3 is 0 Å². The number of rotatable bonds is 2. The highest BCUT2D eigenvalue weighted by molar-refractivity contribution is 6.29. The van der Waals surface area contributed by atoms with E-state index in [-0.39, 0.29) is 0 Å². The lowest BCUT2D eigenvalue weighted by atomic mass is 9.85. The molecule has 10 aromatic rings. The molecule has 0 spiro atoms. The summed E-state index contributed by atoms with van der Waals surface area (Å²) in [6.07, 6.45) is 0. The smallest absolute Gasteiger partial charge is 0.00201 e. The van der Waals surface area contributed by atoms with Crippen LogP contribution in [0.1, 0.15) is 0 Å². The summed E-state index contributed by atoms with van der Waals surface area (Å²) in [6.45, 7) is 0. The lowest BCUT2D eigenvalue weighted by Gasteiger charge is -2.18. The summed E-state index contributed by atoms with van der Waals surface area (Å²) >= 11 is 0. The third kappa shape index (κ3) is 3.31. The molecule has 0 amide bonds. The standard InChI is InChI=1S/C50H28/c1-3-13-32-30(11-1)40-19-9-21-42-36(23-25-44(32)49(40)42)46-27-29-28-47(35-16-6-8-18-39(35)48(29)38-17-7-5-15-34(38)46)37-24-26-45-33-14-4-2-12-31(33)41-20-10-22-43(37)50(41)45/h1-28H. The van der Waals surface area contributed by atoms with Gasteiger partial charge in [0.05, 0.1) is 0 Å². The van der Waals surface area contributed by atoms with E-state index in [1.807, 2.05) is 0 Å². The third-order valence-corrected chi connectivity index (χ3v) is 11.5. The minimum atomic E-state index is 1.27. The molecule has 10 aromatic carbocycles. The summed E-state index contributed by atoms with van der Waals surface area (Å²) < 4.78 is 0. The molecule has 0 heteroatoms. The Hall–Kier alpha value is -6.50. The average molecular weight is 629 g/mol. The van der Waals surface area contributed by atoms with Crippen LogP contribution in [0.4, 0.5) is 0 Å². The molecule has 0 radical (unpaired) electrons. The molecular weight excluding hydrogens is 601 g/mol. The molecular formula is C50H28. The summed E-state index contributed by atoms with van der Waals surface area (Å²) in [5, 5.41) is 13.1. The fourth-order valence-corrected chi connectivity index (χ4v) is 9.51. The van der Waals surface area contributed by atoms with Gasteiger partial charge in [-0.25, -0.2) is 0 Å². The molecule has 0 bridgehead atoms. The first-order valence-electron chi connectivity index (χ1n) is 17.5. The lowest BCUT2D eigenvalue weighted by Crippen LogP contribution is -1.91. The summed E-state index contributed by atoms with van der Waals surface area (Å²) in [5.41, 5.74) is 15.8. The maximum absolute atomic E-state index is 2.47. The molecule has 2 aliphatic rings. The minimum absolute atomic E-state index is 1.27. The lowest BCUT2D eigenvalue weighted by molar-refractivity contribution is 1.69. The van der Waals surface area contributed by atoms with E-state index < -0.39 is 0 Å². The number of benzene rings is 10. The van der Waals surface area contributed by atoms with Crippen LogP contribution < -0.4 is 0 Å². The van der Waals surface area contributed by atoms with Crippen LogP contribution in [-0.2, 0) is 0 Å². The molecule has 0 aromatic heterocycles. The zero-order chi connectivity index (χ0) is 32.5. The predicted molar refractivity (Wildman–Crippen MR) is 214 cm³/mol. The van der Waals surface area contributed by atoms with E-state index in [0.29, 0.717) is 0 Å². The van der Waals surface area contributed by atoms with E-state index in [9.17, 15) is 0 Å². The molecule has 2 aliphatic carbocycles. The Morgan fingerprint density at radius 2 is 0.500 bits per heavy atom. The predicted octanol–water partition coefficient (Wildman–Crippen LogP) is 14.1.